The lowest BCUT2D eigenvalue weighted by molar-refractivity contribution is 0.624. The third kappa shape index (κ3) is 3.50. The third-order valence-electron chi connectivity index (χ3n) is 2.81. The van der Waals surface area contributed by atoms with Crippen molar-refractivity contribution >= 4 is 52.1 Å². The summed E-state index contributed by atoms with van der Waals surface area (Å²) in [4.78, 5) is 0. The lowest BCUT2D eigenvalue weighted by Crippen LogP contribution is -2.07. The van der Waals surface area contributed by atoms with Crippen molar-refractivity contribution < 1.29 is 4.39 Å². The van der Waals surface area contributed by atoms with E-state index in [0.717, 1.165) is 5.69 Å². The van der Waals surface area contributed by atoms with Crippen molar-refractivity contribution in [1.82, 2.24) is 0 Å². The highest BCUT2D eigenvalue weighted by atomic mass is 35.5. The third-order valence-corrected chi connectivity index (χ3v) is 4.16. The van der Waals surface area contributed by atoms with Crippen molar-refractivity contribution in [3.63, 3.8) is 0 Å². The van der Waals surface area contributed by atoms with Gasteiger partial charge in [-0.3, -0.25) is 0 Å². The van der Waals surface area contributed by atoms with Crippen LogP contribution in [0.5, 0.6) is 0 Å². The molecule has 1 N–H and O–H groups in total. The van der Waals surface area contributed by atoms with E-state index in [0.29, 0.717) is 20.6 Å². The molecule has 0 saturated carbocycles. The number of benzene rings is 2. The minimum atomic E-state index is -0.506. The monoisotopic (exact) mass is 351 g/mol. The summed E-state index contributed by atoms with van der Waals surface area (Å²) in [6.07, 6.45) is 0. The maximum absolute atomic E-state index is 13.5. The molecule has 0 aliphatic rings. The first-order valence-corrected chi connectivity index (χ1v) is 7.25. The first-order valence-electron chi connectivity index (χ1n) is 5.74. The van der Waals surface area contributed by atoms with Gasteiger partial charge in [0, 0.05) is 10.7 Å². The molecule has 0 aliphatic carbocycles. The maximum atomic E-state index is 13.5. The number of nitrogens with one attached hydrogen (secondary N) is 1. The molecule has 0 radical (unpaired) electrons. The summed E-state index contributed by atoms with van der Waals surface area (Å²) in [6, 6.07) is 7.65. The molecule has 2 rings (SSSR count). The van der Waals surface area contributed by atoms with Gasteiger partial charge in [0.1, 0.15) is 5.82 Å². The Morgan fingerprint density at radius 3 is 2.25 bits per heavy atom. The molecule has 0 spiro atoms. The van der Waals surface area contributed by atoms with Crippen molar-refractivity contribution in [2.45, 2.75) is 13.0 Å². The first kappa shape index (κ1) is 15.7. The van der Waals surface area contributed by atoms with Gasteiger partial charge in [-0.15, -0.1) is 0 Å². The van der Waals surface area contributed by atoms with Gasteiger partial charge in [-0.25, -0.2) is 4.39 Å². The number of hydrogen-bond donors (Lipinski definition) is 1. The maximum Gasteiger partial charge on any atom is 0.142 e. The molecule has 0 amide bonds. The molecule has 1 atom stereocenters. The number of hydrogen-bond acceptors (Lipinski definition) is 1. The quantitative estimate of drug-likeness (QED) is 0.612. The SMILES string of the molecule is CC(Nc1ccc(Cl)c(Cl)c1)c1cc(F)c(Cl)cc1Cl. The fraction of sp³-hybridized carbons (Fsp3) is 0.143. The van der Waals surface area contributed by atoms with Gasteiger partial charge in [0.2, 0.25) is 0 Å². The number of anilines is 1. The molecule has 6 heteroatoms. The van der Waals surface area contributed by atoms with E-state index in [2.05, 4.69) is 5.32 Å². The Morgan fingerprint density at radius 1 is 0.900 bits per heavy atom. The van der Waals surface area contributed by atoms with E-state index in [9.17, 15) is 4.39 Å². The fourth-order valence-electron chi connectivity index (χ4n) is 1.78. The fourth-order valence-corrected chi connectivity index (χ4v) is 2.63. The second-order valence-electron chi connectivity index (χ2n) is 4.28. The van der Waals surface area contributed by atoms with Crippen LogP contribution in [0.4, 0.5) is 10.1 Å². The average Bonchev–Trinajstić information content (AvgIpc) is 2.38. The highest BCUT2D eigenvalue weighted by molar-refractivity contribution is 6.42. The molecule has 20 heavy (non-hydrogen) atoms. The molecule has 1 nitrogen and oxygen atoms in total. The van der Waals surface area contributed by atoms with Gasteiger partial charge in [-0.1, -0.05) is 46.4 Å². The number of halogens is 5. The Kier molecular flexibility index (Phi) is 5.03. The van der Waals surface area contributed by atoms with Crippen LogP contribution in [0, 0.1) is 5.82 Å². The van der Waals surface area contributed by atoms with Crippen molar-refractivity contribution in [3.05, 3.63) is 61.8 Å². The van der Waals surface area contributed by atoms with Gasteiger partial charge in [0.25, 0.3) is 0 Å². The molecule has 0 bridgehead atoms. The molecule has 2 aromatic rings. The highest BCUT2D eigenvalue weighted by Gasteiger charge is 2.13. The summed E-state index contributed by atoms with van der Waals surface area (Å²) >= 11 is 23.6. The van der Waals surface area contributed by atoms with E-state index < -0.39 is 5.82 Å². The molecular weight excluding hydrogens is 343 g/mol. The van der Waals surface area contributed by atoms with E-state index in [4.69, 9.17) is 46.4 Å². The summed E-state index contributed by atoms with van der Waals surface area (Å²) in [7, 11) is 0. The van der Waals surface area contributed by atoms with E-state index in [-0.39, 0.29) is 11.1 Å². The lowest BCUT2D eigenvalue weighted by Gasteiger charge is -2.18. The zero-order valence-electron chi connectivity index (χ0n) is 10.4. The van der Waals surface area contributed by atoms with E-state index in [1.54, 1.807) is 18.2 Å². The van der Waals surface area contributed by atoms with Crippen molar-refractivity contribution in [1.29, 1.82) is 0 Å². The molecule has 1 unspecified atom stereocenters. The van der Waals surface area contributed by atoms with Crippen LogP contribution in [0.2, 0.25) is 20.1 Å². The van der Waals surface area contributed by atoms with Crippen LogP contribution in [-0.4, -0.2) is 0 Å². The van der Waals surface area contributed by atoms with Crippen molar-refractivity contribution in [3.8, 4) is 0 Å². The summed E-state index contributed by atoms with van der Waals surface area (Å²) in [6.45, 7) is 1.86. The molecule has 0 saturated heterocycles. The van der Waals surface area contributed by atoms with Gasteiger partial charge >= 0.3 is 0 Å². The highest BCUT2D eigenvalue weighted by Crippen LogP contribution is 2.32. The van der Waals surface area contributed by atoms with Crippen LogP contribution in [0.25, 0.3) is 0 Å². The Labute approximate surface area is 136 Å². The normalized spacial score (nSPS) is 12.3. The molecule has 2 aromatic carbocycles. The van der Waals surface area contributed by atoms with Gasteiger partial charge in [0.15, 0.2) is 0 Å². The summed E-state index contributed by atoms with van der Waals surface area (Å²) < 4.78 is 13.5. The summed E-state index contributed by atoms with van der Waals surface area (Å²) in [5, 5.41) is 4.49. The van der Waals surface area contributed by atoms with Gasteiger partial charge in [0.05, 0.1) is 21.1 Å². The van der Waals surface area contributed by atoms with E-state index in [1.807, 2.05) is 6.92 Å². The van der Waals surface area contributed by atoms with E-state index >= 15 is 0 Å². The van der Waals surface area contributed by atoms with Crippen LogP contribution >= 0.6 is 46.4 Å². The molecule has 0 aliphatic heterocycles. The minimum absolute atomic E-state index is 0.000451. The van der Waals surface area contributed by atoms with Crippen LogP contribution in [-0.2, 0) is 0 Å². The van der Waals surface area contributed by atoms with Crippen LogP contribution in [0.3, 0.4) is 0 Å². The molecule has 0 aromatic heterocycles. The standard InChI is InChI=1S/C14H10Cl4FN/c1-7(9-5-14(19)13(18)6-11(9)16)20-8-2-3-10(15)12(17)4-8/h2-7,20H,1H3. The number of rotatable bonds is 3. The van der Waals surface area contributed by atoms with Crippen molar-refractivity contribution in [2.75, 3.05) is 5.32 Å². The Hall–Kier alpha value is -0.670. The van der Waals surface area contributed by atoms with Gasteiger partial charge < -0.3 is 5.32 Å². The first-order chi connectivity index (χ1) is 9.38. The Balaban J connectivity index is 2.25. The lowest BCUT2D eigenvalue weighted by atomic mass is 10.1. The average molecular weight is 353 g/mol. The van der Waals surface area contributed by atoms with Crippen LogP contribution in [0.1, 0.15) is 18.5 Å². The van der Waals surface area contributed by atoms with Crippen LogP contribution < -0.4 is 5.32 Å². The second kappa shape index (κ2) is 6.40. The van der Waals surface area contributed by atoms with E-state index in [1.165, 1.54) is 12.1 Å². The van der Waals surface area contributed by atoms with Crippen molar-refractivity contribution in [2.24, 2.45) is 0 Å². The Morgan fingerprint density at radius 2 is 1.60 bits per heavy atom. The van der Waals surface area contributed by atoms with Gasteiger partial charge in [-0.05, 0) is 42.8 Å². The topological polar surface area (TPSA) is 12.0 Å². The largest absolute Gasteiger partial charge is 0.378 e. The van der Waals surface area contributed by atoms with Crippen LogP contribution in [0.15, 0.2) is 30.3 Å². The molecular formula is C14H10Cl4FN. The molecule has 0 fully saturated rings. The van der Waals surface area contributed by atoms with Gasteiger partial charge in [-0.2, -0.15) is 0 Å². The molecule has 0 heterocycles. The second-order valence-corrected chi connectivity index (χ2v) is 5.91. The smallest absolute Gasteiger partial charge is 0.142 e. The Bertz CT molecular complexity index is 645. The zero-order chi connectivity index (χ0) is 14.9. The minimum Gasteiger partial charge on any atom is -0.378 e. The predicted molar refractivity (Wildman–Crippen MR) is 84.9 cm³/mol. The summed E-state index contributed by atoms with van der Waals surface area (Å²) in [5.74, 6) is -0.506. The zero-order valence-corrected chi connectivity index (χ0v) is 13.4. The predicted octanol–water partition coefficient (Wildman–Crippen LogP) is 6.61. The molecule has 106 valence electrons. The summed E-state index contributed by atoms with van der Waals surface area (Å²) in [5.41, 5.74) is 1.37.